The van der Waals surface area contributed by atoms with Crippen LogP contribution in [0.3, 0.4) is 0 Å². The predicted molar refractivity (Wildman–Crippen MR) is 72.8 cm³/mol. The lowest BCUT2D eigenvalue weighted by Crippen LogP contribution is -2.24. The Labute approximate surface area is 121 Å². The zero-order chi connectivity index (χ0) is 13.6. The number of carbonyl (C=O) groups is 1. The van der Waals surface area contributed by atoms with Gasteiger partial charge in [-0.15, -0.1) is 0 Å². The van der Waals surface area contributed by atoms with Crippen LogP contribution in [0.25, 0.3) is 0 Å². The van der Waals surface area contributed by atoms with Crippen LogP contribution < -0.4 is 9.47 Å². The molecule has 0 aromatic heterocycles. The van der Waals surface area contributed by atoms with Crippen molar-refractivity contribution < 1.29 is 14.3 Å². The minimum atomic E-state index is -2.07. The largest absolute Gasteiger partial charge is 0.494 e. The number of esters is 1. The zero-order valence-electron chi connectivity index (χ0n) is 9.79. The Bertz CT molecular complexity index is 385. The monoisotopic (exact) mass is 310 g/mol. The number of alkyl halides is 3. The summed E-state index contributed by atoms with van der Waals surface area (Å²) in [5.41, 5.74) is 0. The lowest BCUT2D eigenvalue weighted by molar-refractivity contribution is -0.133. The highest BCUT2D eigenvalue weighted by Crippen LogP contribution is 2.29. The summed E-state index contributed by atoms with van der Waals surface area (Å²) in [7, 11) is 0. The molecule has 18 heavy (non-hydrogen) atoms. The molecule has 0 fully saturated rings. The van der Waals surface area contributed by atoms with Gasteiger partial charge in [0, 0.05) is 0 Å². The van der Waals surface area contributed by atoms with E-state index in [2.05, 4.69) is 6.92 Å². The maximum atomic E-state index is 11.3. The molecule has 0 spiro atoms. The van der Waals surface area contributed by atoms with Crippen LogP contribution >= 0.6 is 34.8 Å². The van der Waals surface area contributed by atoms with Crippen molar-refractivity contribution in [3.8, 4) is 11.5 Å². The third-order valence-corrected chi connectivity index (χ3v) is 2.50. The van der Waals surface area contributed by atoms with Crippen LogP contribution in [0.4, 0.5) is 0 Å². The minimum Gasteiger partial charge on any atom is -0.494 e. The van der Waals surface area contributed by atoms with Crippen molar-refractivity contribution in [2.24, 2.45) is 0 Å². The van der Waals surface area contributed by atoms with Crippen molar-refractivity contribution in [2.45, 2.75) is 23.6 Å². The van der Waals surface area contributed by atoms with Gasteiger partial charge in [0.2, 0.25) is 0 Å². The highest BCUT2D eigenvalue weighted by Gasteiger charge is 2.33. The molecule has 1 aromatic carbocycles. The molecule has 1 aromatic rings. The Hall–Kier alpha value is -0.640. The second-order valence-corrected chi connectivity index (χ2v) is 5.84. The van der Waals surface area contributed by atoms with Crippen molar-refractivity contribution in [2.75, 3.05) is 6.61 Å². The summed E-state index contributed by atoms with van der Waals surface area (Å²) in [6.07, 6.45) is 2.06. The average Bonchev–Trinajstić information content (AvgIpc) is 2.30. The molecule has 100 valence electrons. The molecule has 0 amide bonds. The van der Waals surface area contributed by atoms with Gasteiger partial charge in [-0.3, -0.25) is 0 Å². The van der Waals surface area contributed by atoms with Gasteiger partial charge in [-0.1, -0.05) is 48.1 Å². The fraction of sp³-hybridized carbons (Fsp3) is 0.417. The van der Waals surface area contributed by atoms with E-state index in [0.29, 0.717) is 18.1 Å². The molecular formula is C12H13Cl3O3. The molecule has 1 rings (SSSR count). The van der Waals surface area contributed by atoms with Gasteiger partial charge in [0.05, 0.1) is 6.61 Å². The van der Waals surface area contributed by atoms with Crippen LogP contribution in [-0.4, -0.2) is 16.4 Å². The van der Waals surface area contributed by atoms with Gasteiger partial charge in [0.15, 0.2) is 0 Å². The smallest absolute Gasteiger partial charge is 0.363 e. The van der Waals surface area contributed by atoms with Gasteiger partial charge in [-0.2, -0.15) is 0 Å². The van der Waals surface area contributed by atoms with Crippen molar-refractivity contribution in [3.63, 3.8) is 0 Å². The normalized spacial score (nSPS) is 11.1. The van der Waals surface area contributed by atoms with E-state index in [-0.39, 0.29) is 0 Å². The van der Waals surface area contributed by atoms with E-state index in [1.54, 1.807) is 24.3 Å². The Morgan fingerprint density at radius 2 is 1.72 bits per heavy atom. The third kappa shape index (κ3) is 5.34. The first-order valence-electron chi connectivity index (χ1n) is 5.45. The van der Waals surface area contributed by atoms with Gasteiger partial charge < -0.3 is 9.47 Å². The average molecular weight is 312 g/mol. The molecule has 0 radical (unpaired) electrons. The first kappa shape index (κ1) is 15.4. The van der Waals surface area contributed by atoms with Crippen molar-refractivity contribution >= 4 is 40.8 Å². The first-order valence-corrected chi connectivity index (χ1v) is 6.58. The highest BCUT2D eigenvalue weighted by atomic mass is 35.6. The summed E-state index contributed by atoms with van der Waals surface area (Å²) in [5.74, 6) is 0.0680. The number of rotatable bonds is 5. The molecule has 0 aliphatic carbocycles. The number of hydrogen-bond acceptors (Lipinski definition) is 3. The fourth-order valence-electron chi connectivity index (χ4n) is 1.10. The molecule has 0 atom stereocenters. The van der Waals surface area contributed by atoms with E-state index >= 15 is 0 Å². The molecular weight excluding hydrogens is 298 g/mol. The fourth-order valence-corrected chi connectivity index (χ4v) is 1.22. The Morgan fingerprint density at radius 1 is 1.17 bits per heavy atom. The molecule has 0 aliphatic heterocycles. The van der Waals surface area contributed by atoms with E-state index in [4.69, 9.17) is 44.3 Å². The van der Waals surface area contributed by atoms with Crippen LogP contribution in [-0.2, 0) is 4.79 Å². The van der Waals surface area contributed by atoms with E-state index < -0.39 is 9.76 Å². The van der Waals surface area contributed by atoms with Gasteiger partial charge in [0.25, 0.3) is 3.79 Å². The Kier molecular flexibility index (Phi) is 6.06. The van der Waals surface area contributed by atoms with Gasteiger partial charge in [-0.05, 0) is 30.7 Å². The van der Waals surface area contributed by atoms with Crippen LogP contribution in [0, 0.1) is 0 Å². The molecule has 0 aliphatic rings. The number of halogens is 3. The molecule has 0 saturated carbocycles. The molecule has 6 heteroatoms. The Morgan fingerprint density at radius 3 is 2.22 bits per heavy atom. The number of ether oxygens (including phenoxy) is 2. The standard InChI is InChI=1S/C12H13Cl3O3/c1-2-3-8-17-9-4-6-10(7-5-9)18-11(16)12(13,14)15/h4-7H,2-3,8H2,1H3. The highest BCUT2D eigenvalue weighted by molar-refractivity contribution is 6.75. The first-order chi connectivity index (χ1) is 8.43. The van der Waals surface area contributed by atoms with Gasteiger partial charge in [-0.25, -0.2) is 4.79 Å². The lowest BCUT2D eigenvalue weighted by atomic mass is 10.3. The third-order valence-electron chi connectivity index (χ3n) is 2.03. The zero-order valence-corrected chi connectivity index (χ0v) is 12.1. The maximum Gasteiger partial charge on any atom is 0.363 e. The SMILES string of the molecule is CCCCOc1ccc(OC(=O)C(Cl)(Cl)Cl)cc1. The molecule has 0 unspecified atom stereocenters. The van der Waals surface area contributed by atoms with Gasteiger partial charge >= 0.3 is 5.97 Å². The number of hydrogen-bond donors (Lipinski definition) is 0. The van der Waals surface area contributed by atoms with Crippen LogP contribution in [0.2, 0.25) is 0 Å². The van der Waals surface area contributed by atoms with Crippen molar-refractivity contribution in [1.82, 2.24) is 0 Å². The van der Waals surface area contributed by atoms with Crippen LogP contribution in [0.15, 0.2) is 24.3 Å². The van der Waals surface area contributed by atoms with Crippen LogP contribution in [0.5, 0.6) is 11.5 Å². The summed E-state index contributed by atoms with van der Waals surface area (Å²) in [6, 6.07) is 6.54. The molecule has 3 nitrogen and oxygen atoms in total. The second kappa shape index (κ2) is 7.07. The summed E-state index contributed by atoms with van der Waals surface area (Å²) in [6.45, 7) is 2.74. The molecule has 0 heterocycles. The quantitative estimate of drug-likeness (QED) is 0.355. The van der Waals surface area contributed by atoms with Crippen molar-refractivity contribution in [1.29, 1.82) is 0 Å². The minimum absolute atomic E-state index is 0.300. The number of unbranched alkanes of at least 4 members (excludes halogenated alkanes) is 1. The number of carbonyl (C=O) groups excluding carboxylic acids is 1. The van der Waals surface area contributed by atoms with E-state index in [0.717, 1.165) is 12.8 Å². The van der Waals surface area contributed by atoms with Crippen LogP contribution in [0.1, 0.15) is 19.8 Å². The second-order valence-electron chi connectivity index (χ2n) is 3.56. The molecule has 0 saturated heterocycles. The summed E-state index contributed by atoms with van der Waals surface area (Å²) >= 11 is 16.1. The van der Waals surface area contributed by atoms with E-state index in [9.17, 15) is 4.79 Å². The maximum absolute atomic E-state index is 11.3. The summed E-state index contributed by atoms with van der Waals surface area (Å²) in [5, 5.41) is 0. The molecule has 0 N–H and O–H groups in total. The summed E-state index contributed by atoms with van der Waals surface area (Å²) < 4.78 is 8.25. The predicted octanol–water partition coefficient (Wildman–Crippen LogP) is 4.14. The summed E-state index contributed by atoms with van der Waals surface area (Å²) in [4.78, 5) is 11.3. The van der Waals surface area contributed by atoms with E-state index in [1.807, 2.05) is 0 Å². The topological polar surface area (TPSA) is 35.5 Å². The van der Waals surface area contributed by atoms with Crippen molar-refractivity contribution in [3.05, 3.63) is 24.3 Å². The molecule has 0 bridgehead atoms. The Balaban J connectivity index is 2.53. The number of benzene rings is 1. The van der Waals surface area contributed by atoms with E-state index in [1.165, 1.54) is 0 Å². The van der Waals surface area contributed by atoms with Gasteiger partial charge in [0.1, 0.15) is 11.5 Å². The lowest BCUT2D eigenvalue weighted by Gasteiger charge is -2.10.